The van der Waals surface area contributed by atoms with E-state index in [-0.39, 0.29) is 17.9 Å². The van der Waals surface area contributed by atoms with Gasteiger partial charge < -0.3 is 14.7 Å². The third-order valence-corrected chi connectivity index (χ3v) is 2.27. The number of rotatable bonds is 3. The number of hydrogen-bond donors (Lipinski definition) is 1. The van der Waals surface area contributed by atoms with E-state index < -0.39 is 11.9 Å². The Kier molecular flexibility index (Phi) is 3.71. The zero-order chi connectivity index (χ0) is 11.4. The fraction of sp³-hybridized carbons (Fsp3) is 0.600. The number of carbonyl (C=O) groups is 2. The molecule has 0 aromatic rings. The van der Waals surface area contributed by atoms with Gasteiger partial charge in [-0.2, -0.15) is 0 Å². The third kappa shape index (κ3) is 2.29. The Balaban J connectivity index is 2.91. The number of carbonyl (C=O) groups excluding carboxylic acids is 2. The second kappa shape index (κ2) is 4.82. The van der Waals surface area contributed by atoms with Gasteiger partial charge in [-0.25, -0.2) is 4.79 Å². The summed E-state index contributed by atoms with van der Waals surface area (Å²) >= 11 is 0. The molecular weight excluding hydrogens is 198 g/mol. The molecule has 5 heteroatoms. The van der Waals surface area contributed by atoms with E-state index in [2.05, 4.69) is 0 Å². The lowest BCUT2D eigenvalue weighted by Gasteiger charge is -2.26. The quantitative estimate of drug-likeness (QED) is 0.551. The van der Waals surface area contributed by atoms with Gasteiger partial charge in [-0.1, -0.05) is 0 Å². The summed E-state index contributed by atoms with van der Waals surface area (Å²) in [5.41, 5.74) is -0.218. The van der Waals surface area contributed by atoms with Gasteiger partial charge in [0, 0.05) is 19.5 Å². The molecule has 0 radical (unpaired) electrons. The van der Waals surface area contributed by atoms with E-state index in [1.807, 2.05) is 6.92 Å². The number of aliphatic hydroxyl groups is 1. The summed E-state index contributed by atoms with van der Waals surface area (Å²) in [6, 6.07) is 0. The molecule has 0 fully saturated rings. The lowest BCUT2D eigenvalue weighted by Crippen LogP contribution is -2.39. The first-order valence-electron chi connectivity index (χ1n) is 5.00. The fourth-order valence-corrected chi connectivity index (χ4v) is 1.46. The molecule has 0 saturated carbocycles. The van der Waals surface area contributed by atoms with Gasteiger partial charge in [0.05, 0.1) is 6.61 Å². The second-order valence-electron chi connectivity index (χ2n) is 3.18. The molecule has 0 aromatic carbocycles. The first-order valence-corrected chi connectivity index (χ1v) is 5.00. The van der Waals surface area contributed by atoms with Crippen LogP contribution in [0.1, 0.15) is 20.3 Å². The molecule has 0 saturated heterocycles. The number of likely N-dealkylation sites (N-methyl/N-ethyl adjacent to an activating group) is 1. The van der Waals surface area contributed by atoms with Crippen molar-refractivity contribution in [3.8, 4) is 0 Å². The normalized spacial score (nSPS) is 16.9. The molecule has 15 heavy (non-hydrogen) atoms. The molecule has 1 heterocycles. The highest BCUT2D eigenvalue weighted by molar-refractivity contribution is 6.17. The standard InChI is InChI=1S/C10H15NO4/c1-3-11-6-5-7(12)8(9(11)13)10(14)15-4-2/h12H,3-6H2,1-2H3. The summed E-state index contributed by atoms with van der Waals surface area (Å²) < 4.78 is 4.71. The molecule has 0 bridgehead atoms. The Labute approximate surface area is 88.3 Å². The highest BCUT2D eigenvalue weighted by atomic mass is 16.5. The van der Waals surface area contributed by atoms with Gasteiger partial charge >= 0.3 is 5.97 Å². The molecule has 5 nitrogen and oxygen atoms in total. The fourth-order valence-electron chi connectivity index (χ4n) is 1.46. The summed E-state index contributed by atoms with van der Waals surface area (Å²) in [6.07, 6.45) is 0.313. The monoisotopic (exact) mass is 213 g/mol. The number of nitrogens with zero attached hydrogens (tertiary/aromatic N) is 1. The zero-order valence-corrected chi connectivity index (χ0v) is 8.95. The summed E-state index contributed by atoms with van der Waals surface area (Å²) in [6.45, 7) is 4.64. The maximum absolute atomic E-state index is 11.7. The van der Waals surface area contributed by atoms with Gasteiger partial charge in [-0.3, -0.25) is 4.79 Å². The molecule has 1 rings (SSSR count). The molecule has 1 amide bonds. The van der Waals surface area contributed by atoms with Crippen LogP contribution in [0.15, 0.2) is 11.3 Å². The highest BCUT2D eigenvalue weighted by Gasteiger charge is 2.32. The van der Waals surface area contributed by atoms with E-state index in [9.17, 15) is 14.7 Å². The topological polar surface area (TPSA) is 66.8 Å². The maximum Gasteiger partial charge on any atom is 0.347 e. The Morgan fingerprint density at radius 1 is 1.53 bits per heavy atom. The average molecular weight is 213 g/mol. The number of esters is 1. The minimum Gasteiger partial charge on any atom is -0.511 e. The number of hydrogen-bond acceptors (Lipinski definition) is 4. The summed E-state index contributed by atoms with van der Waals surface area (Å²) in [5.74, 6) is -1.35. The van der Waals surface area contributed by atoms with Crippen LogP contribution >= 0.6 is 0 Å². The van der Waals surface area contributed by atoms with Crippen molar-refractivity contribution in [3.05, 3.63) is 11.3 Å². The number of amides is 1. The number of ether oxygens (including phenoxy) is 1. The third-order valence-electron chi connectivity index (χ3n) is 2.27. The predicted octanol–water partition coefficient (Wildman–Crippen LogP) is 0.614. The lowest BCUT2D eigenvalue weighted by molar-refractivity contribution is -0.143. The Bertz CT molecular complexity index is 309. The Morgan fingerprint density at radius 2 is 2.20 bits per heavy atom. The van der Waals surface area contributed by atoms with Crippen molar-refractivity contribution in [2.45, 2.75) is 20.3 Å². The molecule has 1 N–H and O–H groups in total. The van der Waals surface area contributed by atoms with Crippen molar-refractivity contribution in [2.75, 3.05) is 19.7 Å². The minimum atomic E-state index is -0.738. The molecule has 0 atom stereocenters. The van der Waals surface area contributed by atoms with Crippen LogP contribution in [0.2, 0.25) is 0 Å². The van der Waals surface area contributed by atoms with Crippen molar-refractivity contribution in [1.29, 1.82) is 0 Å². The maximum atomic E-state index is 11.7. The molecule has 0 unspecified atom stereocenters. The Morgan fingerprint density at radius 3 is 2.73 bits per heavy atom. The van der Waals surface area contributed by atoms with Gasteiger partial charge in [0.1, 0.15) is 5.76 Å². The summed E-state index contributed by atoms with van der Waals surface area (Å²) in [5, 5.41) is 9.48. The first-order chi connectivity index (χ1) is 7.11. The Hall–Kier alpha value is -1.52. The second-order valence-corrected chi connectivity index (χ2v) is 3.18. The molecule has 1 aliphatic heterocycles. The lowest BCUT2D eigenvalue weighted by atomic mass is 10.1. The van der Waals surface area contributed by atoms with Crippen molar-refractivity contribution < 1.29 is 19.4 Å². The van der Waals surface area contributed by atoms with E-state index in [0.717, 1.165) is 0 Å². The van der Waals surface area contributed by atoms with E-state index in [4.69, 9.17) is 4.74 Å². The predicted molar refractivity (Wildman–Crippen MR) is 53.2 cm³/mol. The average Bonchev–Trinajstić information content (AvgIpc) is 2.18. The van der Waals surface area contributed by atoms with Crippen molar-refractivity contribution >= 4 is 11.9 Å². The molecule has 0 aromatic heterocycles. The smallest absolute Gasteiger partial charge is 0.347 e. The van der Waals surface area contributed by atoms with Gasteiger partial charge in [-0.15, -0.1) is 0 Å². The van der Waals surface area contributed by atoms with Gasteiger partial charge in [0.2, 0.25) is 0 Å². The largest absolute Gasteiger partial charge is 0.511 e. The molecule has 84 valence electrons. The van der Waals surface area contributed by atoms with Crippen molar-refractivity contribution in [1.82, 2.24) is 4.90 Å². The SMILES string of the molecule is CCOC(=O)C1=C(O)CCN(CC)C1=O. The molecule has 1 aliphatic rings. The van der Waals surface area contributed by atoms with Crippen LogP contribution in [0.5, 0.6) is 0 Å². The number of aliphatic hydroxyl groups excluding tert-OH is 1. The van der Waals surface area contributed by atoms with E-state index in [1.165, 1.54) is 4.90 Å². The highest BCUT2D eigenvalue weighted by Crippen LogP contribution is 2.18. The van der Waals surface area contributed by atoms with Crippen LogP contribution in [0.4, 0.5) is 0 Å². The molecule has 0 aliphatic carbocycles. The van der Waals surface area contributed by atoms with E-state index >= 15 is 0 Å². The van der Waals surface area contributed by atoms with Crippen LogP contribution in [0.25, 0.3) is 0 Å². The molecular formula is C10H15NO4. The van der Waals surface area contributed by atoms with Gasteiger partial charge in [-0.05, 0) is 13.8 Å². The van der Waals surface area contributed by atoms with Crippen molar-refractivity contribution in [3.63, 3.8) is 0 Å². The van der Waals surface area contributed by atoms with Crippen LogP contribution < -0.4 is 0 Å². The molecule has 0 spiro atoms. The van der Waals surface area contributed by atoms with Gasteiger partial charge in [0.15, 0.2) is 5.57 Å². The first kappa shape index (κ1) is 11.6. The zero-order valence-electron chi connectivity index (χ0n) is 8.95. The van der Waals surface area contributed by atoms with Crippen LogP contribution in [-0.2, 0) is 14.3 Å². The minimum absolute atomic E-state index is 0.164. The summed E-state index contributed by atoms with van der Waals surface area (Å²) in [7, 11) is 0. The van der Waals surface area contributed by atoms with E-state index in [0.29, 0.717) is 19.5 Å². The van der Waals surface area contributed by atoms with Crippen LogP contribution in [0, 0.1) is 0 Å². The van der Waals surface area contributed by atoms with Crippen LogP contribution in [-0.4, -0.2) is 41.6 Å². The van der Waals surface area contributed by atoms with Gasteiger partial charge in [0.25, 0.3) is 5.91 Å². The van der Waals surface area contributed by atoms with Crippen LogP contribution in [0.3, 0.4) is 0 Å². The van der Waals surface area contributed by atoms with Crippen molar-refractivity contribution in [2.24, 2.45) is 0 Å². The summed E-state index contributed by atoms with van der Waals surface area (Å²) in [4.78, 5) is 24.6. The van der Waals surface area contributed by atoms with E-state index in [1.54, 1.807) is 6.92 Å².